The van der Waals surface area contributed by atoms with Gasteiger partial charge in [-0.2, -0.15) is 0 Å². The first kappa shape index (κ1) is 32.8. The molecule has 0 amide bonds. The second-order valence-electron chi connectivity index (χ2n) is 11.4. The zero-order chi connectivity index (χ0) is 26.1. The molecule has 0 radical (unpaired) electrons. The highest BCUT2D eigenvalue weighted by Gasteiger charge is 2.49. The minimum absolute atomic E-state index is 0.0387. The van der Waals surface area contributed by atoms with Gasteiger partial charge in [0.1, 0.15) is 12.7 Å². The lowest BCUT2D eigenvalue weighted by Crippen LogP contribution is -2.60. The number of aliphatic hydroxyl groups excluding tert-OH is 2. The summed E-state index contributed by atoms with van der Waals surface area (Å²) in [6.45, 7) is 24.1. The minimum atomic E-state index is -2.96. The van der Waals surface area contributed by atoms with Crippen LogP contribution in [0.25, 0.3) is 0 Å². The van der Waals surface area contributed by atoms with E-state index in [1.54, 1.807) is 6.92 Å². The van der Waals surface area contributed by atoms with Crippen LogP contribution < -0.4 is 0 Å². The van der Waals surface area contributed by atoms with Gasteiger partial charge < -0.3 is 32.0 Å². The Hall–Kier alpha value is -0.162. The second kappa shape index (κ2) is 13.8. The van der Waals surface area contributed by atoms with E-state index in [0.717, 1.165) is 0 Å². The highest BCUT2D eigenvalue weighted by atomic mass is 28.5. The third kappa shape index (κ3) is 17.0. The molecule has 12 heteroatoms. The number of carbonyl (C=O) groups excluding carboxylic acids is 1. The Labute approximate surface area is 205 Å². The van der Waals surface area contributed by atoms with Crippen molar-refractivity contribution >= 4 is 39.7 Å². The molecule has 0 aromatic carbocycles. The third-order valence-corrected chi connectivity index (χ3v) is 15.9. The van der Waals surface area contributed by atoms with E-state index in [4.69, 9.17) is 26.9 Å². The van der Waals surface area contributed by atoms with Crippen LogP contribution in [-0.2, 0) is 26.6 Å². The highest BCUT2D eigenvalue weighted by molar-refractivity contribution is 6.90. The van der Waals surface area contributed by atoms with Crippen LogP contribution in [0, 0.1) is 0 Å². The Kier molecular flexibility index (Phi) is 13.7. The molecule has 2 N–H and O–H groups in total. The second-order valence-corrected chi connectivity index (χ2v) is 28.4. The van der Waals surface area contributed by atoms with Crippen molar-refractivity contribution in [3.63, 3.8) is 0 Å². The van der Waals surface area contributed by atoms with E-state index in [1.807, 2.05) is 0 Å². The summed E-state index contributed by atoms with van der Waals surface area (Å²) in [5.74, 6) is -0.485. The van der Waals surface area contributed by atoms with Crippen LogP contribution in [0.2, 0.25) is 65.0 Å². The third-order valence-electron chi connectivity index (χ3n) is 3.88. The van der Waals surface area contributed by atoms with Gasteiger partial charge in [0.2, 0.25) is 0 Å². The monoisotopic (exact) mass is 540 g/mol. The average Bonchev–Trinajstić information content (AvgIpc) is 2.57. The molecule has 2 atom stereocenters. The fourth-order valence-electron chi connectivity index (χ4n) is 2.97. The molecule has 0 saturated carbocycles. The first-order chi connectivity index (χ1) is 14.8. The smallest absolute Gasteiger partial charge is 0.460 e. The summed E-state index contributed by atoms with van der Waals surface area (Å²) in [4.78, 5) is 11.8. The number of hydrogen-bond acceptors (Lipinski definition) is 8. The number of carbonyl (C=O) groups is 1. The standard InChI is InChI=1S/C21H48O8Si4/c1-18(2)21(24)26-17-20(25-16-19(23)15-22)13-12-14-33(27-30(3,4)5,28-31(6,7)8)29-32(9,10)11/h19-20,22-23H,1,12-17H2,2-11H3. The van der Waals surface area contributed by atoms with Gasteiger partial charge in [-0.1, -0.05) is 6.58 Å². The Bertz CT molecular complexity index is 570. The van der Waals surface area contributed by atoms with Crippen LogP contribution >= 0.6 is 0 Å². The predicted molar refractivity (Wildman–Crippen MR) is 142 cm³/mol. The van der Waals surface area contributed by atoms with Crippen molar-refractivity contribution in [3.05, 3.63) is 12.2 Å². The lowest BCUT2D eigenvalue weighted by Gasteiger charge is -2.43. The van der Waals surface area contributed by atoms with Crippen LogP contribution in [0.4, 0.5) is 0 Å². The largest absolute Gasteiger partial charge is 0.469 e. The van der Waals surface area contributed by atoms with Gasteiger partial charge in [-0.15, -0.1) is 0 Å². The fourth-order valence-corrected chi connectivity index (χ4v) is 17.7. The number of esters is 1. The first-order valence-electron chi connectivity index (χ1n) is 11.6. The van der Waals surface area contributed by atoms with Gasteiger partial charge in [0, 0.05) is 11.6 Å². The Morgan fingerprint density at radius 3 is 1.70 bits per heavy atom. The molecule has 0 aliphatic heterocycles. The van der Waals surface area contributed by atoms with E-state index in [1.165, 1.54) is 0 Å². The molecule has 0 heterocycles. The number of hydrogen-bond donors (Lipinski definition) is 2. The van der Waals surface area contributed by atoms with Gasteiger partial charge in [-0.25, -0.2) is 4.79 Å². The highest BCUT2D eigenvalue weighted by Crippen LogP contribution is 2.30. The van der Waals surface area contributed by atoms with Gasteiger partial charge in [0.25, 0.3) is 0 Å². The number of ether oxygens (including phenoxy) is 2. The van der Waals surface area contributed by atoms with Gasteiger partial charge in [-0.05, 0) is 78.7 Å². The molecule has 0 rings (SSSR count). The van der Waals surface area contributed by atoms with E-state index in [0.29, 0.717) is 24.5 Å². The molecular formula is C21H48O8Si4. The molecule has 33 heavy (non-hydrogen) atoms. The van der Waals surface area contributed by atoms with Crippen molar-refractivity contribution < 1.29 is 36.8 Å². The summed E-state index contributed by atoms with van der Waals surface area (Å²) in [6.07, 6.45) is -0.170. The van der Waals surface area contributed by atoms with Crippen LogP contribution in [0.1, 0.15) is 19.8 Å². The molecular weight excluding hydrogens is 493 g/mol. The molecule has 0 spiro atoms. The van der Waals surface area contributed by atoms with Gasteiger partial charge >= 0.3 is 14.8 Å². The van der Waals surface area contributed by atoms with Crippen LogP contribution in [-0.4, -0.2) is 82.0 Å². The molecule has 0 aromatic heterocycles. The Morgan fingerprint density at radius 2 is 1.33 bits per heavy atom. The van der Waals surface area contributed by atoms with Crippen molar-refractivity contribution in [2.45, 2.75) is 96.9 Å². The molecule has 8 nitrogen and oxygen atoms in total. The van der Waals surface area contributed by atoms with Crippen LogP contribution in [0.15, 0.2) is 12.2 Å². The summed E-state index contributed by atoms with van der Waals surface area (Å²) >= 11 is 0. The average molecular weight is 541 g/mol. The molecule has 0 saturated heterocycles. The van der Waals surface area contributed by atoms with E-state index in [-0.39, 0.29) is 13.2 Å². The van der Waals surface area contributed by atoms with Gasteiger partial charge in [0.05, 0.1) is 19.3 Å². The fraction of sp³-hybridized carbons (Fsp3) is 0.857. The lowest BCUT2D eigenvalue weighted by atomic mass is 10.2. The Balaban J connectivity index is 5.53. The van der Waals surface area contributed by atoms with E-state index >= 15 is 0 Å². The maximum Gasteiger partial charge on any atom is 0.469 e. The van der Waals surface area contributed by atoms with Gasteiger partial charge in [0.15, 0.2) is 25.0 Å². The maximum atomic E-state index is 11.8. The van der Waals surface area contributed by atoms with E-state index < -0.39 is 58.5 Å². The molecule has 0 aliphatic rings. The summed E-state index contributed by atoms with van der Waals surface area (Å²) in [7, 11) is -8.85. The van der Waals surface area contributed by atoms with Crippen LogP contribution in [0.5, 0.6) is 0 Å². The number of rotatable bonds is 17. The summed E-state index contributed by atoms with van der Waals surface area (Å²) in [5, 5.41) is 18.8. The quantitative estimate of drug-likeness (QED) is 0.161. The maximum absolute atomic E-state index is 11.8. The van der Waals surface area contributed by atoms with Crippen molar-refractivity contribution in [2.75, 3.05) is 19.8 Å². The van der Waals surface area contributed by atoms with Gasteiger partial charge in [-0.3, -0.25) is 0 Å². The summed E-state index contributed by atoms with van der Waals surface area (Å²) in [6, 6.07) is 0.642. The Morgan fingerprint density at radius 1 is 0.879 bits per heavy atom. The molecule has 0 aliphatic carbocycles. The molecule has 0 fully saturated rings. The zero-order valence-corrected chi connectivity index (χ0v) is 26.4. The van der Waals surface area contributed by atoms with E-state index in [2.05, 4.69) is 65.5 Å². The molecule has 196 valence electrons. The van der Waals surface area contributed by atoms with Crippen molar-refractivity contribution in [1.29, 1.82) is 0 Å². The number of aliphatic hydroxyl groups is 2. The van der Waals surface area contributed by atoms with Crippen molar-refractivity contribution in [1.82, 2.24) is 0 Å². The normalized spacial score (nSPS) is 15.3. The lowest BCUT2D eigenvalue weighted by molar-refractivity contribution is -0.144. The van der Waals surface area contributed by atoms with E-state index in [9.17, 15) is 9.90 Å². The molecule has 2 unspecified atom stereocenters. The van der Waals surface area contributed by atoms with Crippen molar-refractivity contribution in [2.24, 2.45) is 0 Å². The topological polar surface area (TPSA) is 104 Å². The predicted octanol–water partition coefficient (Wildman–Crippen LogP) is 4.12. The van der Waals surface area contributed by atoms with Crippen LogP contribution in [0.3, 0.4) is 0 Å². The minimum Gasteiger partial charge on any atom is -0.460 e. The SMILES string of the molecule is C=C(C)C(=O)OCC(CCC[Si](O[Si](C)(C)C)(O[Si](C)(C)C)O[Si](C)(C)C)OCC(O)CO. The molecule has 0 bridgehead atoms. The van der Waals surface area contributed by atoms with Crippen molar-refractivity contribution in [3.8, 4) is 0 Å². The molecule has 0 aromatic rings. The zero-order valence-electron chi connectivity index (χ0n) is 22.4. The first-order valence-corrected chi connectivity index (χ1v) is 23.8. The summed E-state index contributed by atoms with van der Waals surface area (Å²) < 4.78 is 31.1. The summed E-state index contributed by atoms with van der Waals surface area (Å²) in [5.41, 5.74) is 0.311.